The Kier molecular flexibility index (Phi) is 11.8. The Labute approximate surface area is 167 Å². The van der Waals surface area contributed by atoms with Crippen LogP contribution in [-0.2, 0) is 9.59 Å². The SMILES string of the molecule is O=C([O-])[C@H]1CC=CC[C@H]1C(=O)[O-].[K+].[K+]. The van der Waals surface area contributed by atoms with Gasteiger partial charge in [0.15, 0.2) is 0 Å². The molecule has 4 nitrogen and oxygen atoms in total. The maximum absolute atomic E-state index is 10.4. The van der Waals surface area contributed by atoms with Gasteiger partial charge in [0.1, 0.15) is 0 Å². The van der Waals surface area contributed by atoms with Crippen molar-refractivity contribution in [3.8, 4) is 0 Å². The molecule has 0 fully saturated rings. The van der Waals surface area contributed by atoms with E-state index in [0.717, 1.165) is 0 Å². The normalized spacial score (nSPS) is 24.3. The van der Waals surface area contributed by atoms with Crippen molar-refractivity contribution < 1.29 is 123 Å². The molecule has 0 unspecified atom stereocenters. The monoisotopic (exact) mass is 246 g/mol. The molecule has 0 aromatic heterocycles. The van der Waals surface area contributed by atoms with Gasteiger partial charge in [-0.1, -0.05) is 12.2 Å². The van der Waals surface area contributed by atoms with Crippen molar-refractivity contribution in [2.75, 3.05) is 0 Å². The summed E-state index contributed by atoms with van der Waals surface area (Å²) in [4.78, 5) is 20.9. The van der Waals surface area contributed by atoms with Gasteiger partial charge in [0.05, 0.1) is 0 Å². The zero-order valence-corrected chi connectivity index (χ0v) is 14.6. The van der Waals surface area contributed by atoms with Crippen molar-refractivity contribution in [1.29, 1.82) is 0 Å². The number of carboxylic acids is 2. The first kappa shape index (κ1) is 18.3. The van der Waals surface area contributed by atoms with Crippen molar-refractivity contribution in [1.82, 2.24) is 0 Å². The molecular formula is C8H8K2O4. The van der Waals surface area contributed by atoms with Gasteiger partial charge < -0.3 is 19.8 Å². The number of carbonyl (C=O) groups is 2. The van der Waals surface area contributed by atoms with E-state index in [1.807, 2.05) is 0 Å². The van der Waals surface area contributed by atoms with E-state index >= 15 is 0 Å². The van der Waals surface area contributed by atoms with Gasteiger partial charge in [-0.05, 0) is 12.8 Å². The van der Waals surface area contributed by atoms with E-state index in [4.69, 9.17) is 0 Å². The number of rotatable bonds is 2. The summed E-state index contributed by atoms with van der Waals surface area (Å²) in [5.41, 5.74) is 0. The van der Waals surface area contributed by atoms with Crippen LogP contribution in [0.15, 0.2) is 12.2 Å². The van der Waals surface area contributed by atoms with Crippen molar-refractivity contribution in [2.24, 2.45) is 11.8 Å². The van der Waals surface area contributed by atoms with Crippen LogP contribution in [0, 0.1) is 11.8 Å². The molecule has 0 bridgehead atoms. The predicted octanol–water partition coefficient (Wildman–Crippen LogP) is -7.92. The fourth-order valence-electron chi connectivity index (χ4n) is 1.34. The van der Waals surface area contributed by atoms with Gasteiger partial charge in [0, 0.05) is 23.8 Å². The van der Waals surface area contributed by atoms with E-state index in [1.165, 1.54) is 0 Å². The summed E-state index contributed by atoms with van der Waals surface area (Å²) in [5.74, 6) is -4.48. The fraction of sp³-hybridized carbons (Fsp3) is 0.500. The first-order valence-corrected chi connectivity index (χ1v) is 3.69. The van der Waals surface area contributed by atoms with Gasteiger partial charge in [-0.2, -0.15) is 0 Å². The topological polar surface area (TPSA) is 80.3 Å². The maximum atomic E-state index is 10.4. The molecule has 0 aromatic rings. The molecule has 0 saturated heterocycles. The van der Waals surface area contributed by atoms with Crippen molar-refractivity contribution >= 4 is 11.9 Å². The first-order chi connectivity index (χ1) is 5.63. The molecule has 1 aliphatic carbocycles. The van der Waals surface area contributed by atoms with E-state index in [9.17, 15) is 19.8 Å². The van der Waals surface area contributed by atoms with E-state index in [1.54, 1.807) is 12.2 Å². The van der Waals surface area contributed by atoms with Crippen LogP contribution < -0.4 is 113 Å². The number of allylic oxidation sites excluding steroid dienone is 2. The Hall–Kier alpha value is 1.95. The second kappa shape index (κ2) is 9.03. The molecule has 0 N–H and O–H groups in total. The number of aliphatic carboxylic acids is 2. The summed E-state index contributed by atoms with van der Waals surface area (Å²) >= 11 is 0. The van der Waals surface area contributed by atoms with Gasteiger partial charge in [0.25, 0.3) is 0 Å². The van der Waals surface area contributed by atoms with E-state index in [2.05, 4.69) is 0 Å². The fourth-order valence-corrected chi connectivity index (χ4v) is 1.34. The van der Waals surface area contributed by atoms with Crippen LogP contribution in [0.5, 0.6) is 0 Å². The Morgan fingerprint density at radius 1 is 0.929 bits per heavy atom. The molecule has 2 atom stereocenters. The number of hydrogen-bond donors (Lipinski definition) is 0. The molecule has 1 aliphatic rings. The smallest absolute Gasteiger partial charge is 0.550 e. The molecule has 0 saturated carbocycles. The minimum absolute atomic E-state index is 0. The summed E-state index contributed by atoms with van der Waals surface area (Å²) in [7, 11) is 0. The Morgan fingerprint density at radius 2 is 1.21 bits per heavy atom. The van der Waals surface area contributed by atoms with Crippen LogP contribution in [0.4, 0.5) is 0 Å². The second-order valence-electron chi connectivity index (χ2n) is 2.79. The molecular weight excluding hydrogens is 238 g/mol. The summed E-state index contributed by atoms with van der Waals surface area (Å²) in [5, 5.41) is 20.9. The van der Waals surface area contributed by atoms with E-state index in [-0.39, 0.29) is 116 Å². The van der Waals surface area contributed by atoms with Gasteiger partial charge in [0.2, 0.25) is 0 Å². The van der Waals surface area contributed by atoms with Crippen LogP contribution in [-0.4, -0.2) is 11.9 Å². The molecule has 14 heavy (non-hydrogen) atoms. The Bertz CT molecular complexity index is 215. The average Bonchev–Trinajstić information content (AvgIpc) is 2.04. The van der Waals surface area contributed by atoms with Crippen molar-refractivity contribution in [3.05, 3.63) is 12.2 Å². The van der Waals surface area contributed by atoms with E-state index in [0.29, 0.717) is 0 Å². The predicted molar refractivity (Wildman–Crippen MR) is 35.4 cm³/mol. The van der Waals surface area contributed by atoms with Crippen molar-refractivity contribution in [3.63, 3.8) is 0 Å². The summed E-state index contributed by atoms with van der Waals surface area (Å²) < 4.78 is 0. The van der Waals surface area contributed by atoms with Gasteiger partial charge in [-0.25, -0.2) is 0 Å². The van der Waals surface area contributed by atoms with Crippen molar-refractivity contribution in [2.45, 2.75) is 12.8 Å². The number of carbonyl (C=O) groups excluding carboxylic acids is 2. The Balaban J connectivity index is 0. The number of carboxylic acid groups (broad SMARTS) is 2. The molecule has 0 spiro atoms. The Morgan fingerprint density at radius 3 is 1.43 bits per heavy atom. The molecule has 0 aliphatic heterocycles. The largest absolute Gasteiger partial charge is 1.00 e. The van der Waals surface area contributed by atoms with Gasteiger partial charge in [-0.15, -0.1) is 0 Å². The molecule has 66 valence electrons. The minimum atomic E-state index is -1.31. The first-order valence-electron chi connectivity index (χ1n) is 3.69. The van der Waals surface area contributed by atoms with Crippen LogP contribution in [0.25, 0.3) is 0 Å². The minimum Gasteiger partial charge on any atom is -0.550 e. The molecule has 0 heterocycles. The average molecular weight is 246 g/mol. The third-order valence-corrected chi connectivity index (χ3v) is 2.04. The zero-order chi connectivity index (χ0) is 9.14. The summed E-state index contributed by atoms with van der Waals surface area (Å²) in [6.45, 7) is 0. The van der Waals surface area contributed by atoms with E-state index < -0.39 is 23.8 Å². The molecule has 0 radical (unpaired) electrons. The van der Waals surface area contributed by atoms with Gasteiger partial charge >= 0.3 is 103 Å². The van der Waals surface area contributed by atoms with Crippen LogP contribution in [0.3, 0.4) is 0 Å². The van der Waals surface area contributed by atoms with Gasteiger partial charge in [-0.3, -0.25) is 0 Å². The zero-order valence-electron chi connectivity index (χ0n) is 8.36. The summed E-state index contributed by atoms with van der Waals surface area (Å²) in [6, 6.07) is 0. The standard InChI is InChI=1S/C8H10O4.2K/c9-7(10)5-3-1-2-4-6(5)8(11)12;;/h1-2,5-6H,3-4H2,(H,9,10)(H,11,12);;/q;2*+1/p-2/t5-,6+;;. The third-order valence-electron chi connectivity index (χ3n) is 2.04. The van der Waals surface area contributed by atoms with Crippen LogP contribution in [0.1, 0.15) is 12.8 Å². The third kappa shape index (κ3) is 5.33. The molecule has 0 aromatic carbocycles. The van der Waals surface area contributed by atoms with Crippen LogP contribution >= 0.6 is 0 Å². The molecule has 1 rings (SSSR count). The maximum Gasteiger partial charge on any atom is 1.00 e. The van der Waals surface area contributed by atoms with Crippen LogP contribution in [0.2, 0.25) is 0 Å². The number of hydrogen-bond acceptors (Lipinski definition) is 4. The second-order valence-corrected chi connectivity index (χ2v) is 2.79. The molecule has 0 amide bonds. The molecule has 6 heteroatoms. The quantitative estimate of drug-likeness (QED) is 0.358. The summed E-state index contributed by atoms with van der Waals surface area (Å²) in [6.07, 6.45) is 3.75.